The highest BCUT2D eigenvalue weighted by atomic mass is 16.3. The monoisotopic (exact) mass is 400 g/mol. The highest BCUT2D eigenvalue weighted by Gasteiger charge is 2.39. The van der Waals surface area contributed by atoms with E-state index in [2.05, 4.69) is 29.6 Å². The van der Waals surface area contributed by atoms with E-state index in [1.165, 1.54) is 12.8 Å². The Labute approximate surface area is 172 Å². The Kier molecular flexibility index (Phi) is 5.79. The second kappa shape index (κ2) is 8.32. The van der Waals surface area contributed by atoms with Gasteiger partial charge in [0.2, 0.25) is 11.8 Å². The molecule has 29 heavy (non-hydrogen) atoms. The number of aromatic hydroxyl groups is 1. The molecule has 1 aromatic carbocycles. The maximum atomic E-state index is 13.3. The van der Waals surface area contributed by atoms with E-state index in [4.69, 9.17) is 0 Å². The van der Waals surface area contributed by atoms with E-state index >= 15 is 0 Å². The molecule has 4 rings (SSSR count). The van der Waals surface area contributed by atoms with Crippen molar-refractivity contribution in [2.75, 3.05) is 19.6 Å². The molecule has 3 aliphatic rings. The average Bonchev–Trinajstić information content (AvgIpc) is 3.42. The standard InChI is InChI=1S/C22H32N4O3/c1-14(2)20-13-25(10-9-21(28)26(20)12-15-3-4-15)22(29)19-11-18(23-24-19)16-5-7-17(27)8-6-16/h5-8,14-15,18-20,23-24,27H,3-4,9-13H2,1-2H3. The largest absolute Gasteiger partial charge is 0.508 e. The zero-order valence-electron chi connectivity index (χ0n) is 17.3. The van der Waals surface area contributed by atoms with Gasteiger partial charge in [-0.15, -0.1) is 0 Å². The summed E-state index contributed by atoms with van der Waals surface area (Å²) < 4.78 is 0. The molecule has 0 radical (unpaired) electrons. The number of amides is 2. The third-order valence-corrected chi connectivity index (χ3v) is 6.45. The number of phenolic OH excluding ortho intramolecular Hbond substituents is 1. The number of nitrogens with one attached hydrogen (secondary N) is 2. The van der Waals surface area contributed by atoms with Crippen molar-refractivity contribution in [2.45, 2.75) is 57.7 Å². The summed E-state index contributed by atoms with van der Waals surface area (Å²) >= 11 is 0. The molecule has 3 unspecified atom stereocenters. The topological polar surface area (TPSA) is 84.9 Å². The lowest BCUT2D eigenvalue weighted by atomic mass is 10.00. The van der Waals surface area contributed by atoms with Gasteiger partial charge in [-0.2, -0.15) is 0 Å². The summed E-state index contributed by atoms with van der Waals surface area (Å²) in [6.45, 7) is 6.22. The first kappa shape index (κ1) is 20.2. The first-order chi connectivity index (χ1) is 13.9. The number of rotatable bonds is 5. The van der Waals surface area contributed by atoms with Crippen LogP contribution >= 0.6 is 0 Å². The van der Waals surface area contributed by atoms with Gasteiger partial charge in [0.15, 0.2) is 0 Å². The van der Waals surface area contributed by atoms with Crippen molar-refractivity contribution in [1.82, 2.24) is 20.7 Å². The van der Waals surface area contributed by atoms with Crippen molar-refractivity contribution in [3.05, 3.63) is 29.8 Å². The van der Waals surface area contributed by atoms with Gasteiger partial charge in [0.25, 0.3) is 0 Å². The minimum absolute atomic E-state index is 0.0189. The van der Waals surface area contributed by atoms with Crippen LogP contribution in [0, 0.1) is 11.8 Å². The second-order valence-corrected chi connectivity index (χ2v) is 9.06. The van der Waals surface area contributed by atoms with Crippen LogP contribution in [0.15, 0.2) is 24.3 Å². The summed E-state index contributed by atoms with van der Waals surface area (Å²) in [4.78, 5) is 30.0. The molecule has 7 heteroatoms. The van der Waals surface area contributed by atoms with Crippen LogP contribution in [-0.2, 0) is 9.59 Å². The fourth-order valence-electron chi connectivity index (χ4n) is 4.43. The molecule has 3 fully saturated rings. The Bertz CT molecular complexity index is 747. The van der Waals surface area contributed by atoms with Gasteiger partial charge in [0, 0.05) is 32.1 Å². The van der Waals surface area contributed by atoms with Crippen LogP contribution in [0.2, 0.25) is 0 Å². The average molecular weight is 401 g/mol. The van der Waals surface area contributed by atoms with E-state index in [9.17, 15) is 14.7 Å². The van der Waals surface area contributed by atoms with Crippen LogP contribution in [0.3, 0.4) is 0 Å². The van der Waals surface area contributed by atoms with Crippen molar-refractivity contribution in [2.24, 2.45) is 11.8 Å². The van der Waals surface area contributed by atoms with Crippen molar-refractivity contribution >= 4 is 11.8 Å². The first-order valence-corrected chi connectivity index (χ1v) is 10.8. The third kappa shape index (κ3) is 4.56. The Hall–Kier alpha value is -2.12. The number of hydrazine groups is 1. The van der Waals surface area contributed by atoms with Gasteiger partial charge >= 0.3 is 0 Å². The molecule has 1 aliphatic carbocycles. The number of benzene rings is 1. The molecular formula is C22H32N4O3. The van der Waals surface area contributed by atoms with Crippen LogP contribution in [0.1, 0.15) is 51.1 Å². The molecule has 1 saturated carbocycles. The Morgan fingerprint density at radius 3 is 2.59 bits per heavy atom. The Balaban J connectivity index is 1.42. The van der Waals surface area contributed by atoms with E-state index in [1.807, 2.05) is 17.0 Å². The fourth-order valence-corrected chi connectivity index (χ4v) is 4.43. The summed E-state index contributed by atoms with van der Waals surface area (Å²) in [5, 5.41) is 9.48. The zero-order valence-corrected chi connectivity index (χ0v) is 17.3. The lowest BCUT2D eigenvalue weighted by Crippen LogP contribution is -2.51. The van der Waals surface area contributed by atoms with Gasteiger partial charge in [-0.25, -0.2) is 10.9 Å². The van der Waals surface area contributed by atoms with Gasteiger partial charge in [0.1, 0.15) is 11.8 Å². The Morgan fingerprint density at radius 1 is 1.21 bits per heavy atom. The van der Waals surface area contributed by atoms with Crippen LogP contribution in [0.4, 0.5) is 0 Å². The number of carbonyl (C=O) groups excluding carboxylic acids is 2. The van der Waals surface area contributed by atoms with Gasteiger partial charge in [-0.1, -0.05) is 26.0 Å². The van der Waals surface area contributed by atoms with Crippen molar-refractivity contribution in [3.63, 3.8) is 0 Å². The summed E-state index contributed by atoms with van der Waals surface area (Å²) in [5.41, 5.74) is 7.39. The molecule has 3 N–H and O–H groups in total. The van der Waals surface area contributed by atoms with Crippen molar-refractivity contribution < 1.29 is 14.7 Å². The fraction of sp³-hybridized carbons (Fsp3) is 0.636. The summed E-state index contributed by atoms with van der Waals surface area (Å²) in [7, 11) is 0. The SMILES string of the molecule is CC(C)C1CN(C(=O)C2CC(c3ccc(O)cc3)NN2)CCC(=O)N1CC1CC1. The molecule has 2 heterocycles. The van der Waals surface area contributed by atoms with E-state index in [0.29, 0.717) is 37.8 Å². The predicted octanol–water partition coefficient (Wildman–Crippen LogP) is 1.80. The number of nitrogens with zero attached hydrogens (tertiary/aromatic N) is 2. The predicted molar refractivity (Wildman–Crippen MR) is 110 cm³/mol. The first-order valence-electron chi connectivity index (χ1n) is 10.8. The summed E-state index contributed by atoms with van der Waals surface area (Å²) in [5.74, 6) is 1.44. The van der Waals surface area contributed by atoms with Gasteiger partial charge in [-0.3, -0.25) is 9.59 Å². The molecular weight excluding hydrogens is 368 g/mol. The lowest BCUT2D eigenvalue weighted by molar-refractivity contribution is -0.134. The molecule has 1 aromatic rings. The molecule has 158 valence electrons. The molecule has 0 spiro atoms. The maximum absolute atomic E-state index is 13.3. The van der Waals surface area contributed by atoms with Crippen molar-refractivity contribution in [1.29, 1.82) is 0 Å². The lowest BCUT2D eigenvalue weighted by Gasteiger charge is -2.35. The molecule has 2 amide bonds. The molecule has 2 aliphatic heterocycles. The van der Waals surface area contributed by atoms with Crippen LogP contribution < -0.4 is 10.9 Å². The summed E-state index contributed by atoms with van der Waals surface area (Å²) in [6, 6.07) is 6.85. The van der Waals surface area contributed by atoms with E-state index in [-0.39, 0.29) is 35.7 Å². The highest BCUT2D eigenvalue weighted by molar-refractivity contribution is 5.84. The van der Waals surface area contributed by atoms with E-state index in [1.54, 1.807) is 12.1 Å². The number of hydrogen-bond acceptors (Lipinski definition) is 5. The minimum Gasteiger partial charge on any atom is -0.508 e. The molecule has 0 bridgehead atoms. The normalized spacial score (nSPS) is 28.1. The third-order valence-electron chi connectivity index (χ3n) is 6.45. The molecule has 2 saturated heterocycles. The maximum Gasteiger partial charge on any atom is 0.241 e. The van der Waals surface area contributed by atoms with Crippen LogP contribution in [0.5, 0.6) is 5.75 Å². The number of carbonyl (C=O) groups is 2. The van der Waals surface area contributed by atoms with E-state index < -0.39 is 0 Å². The van der Waals surface area contributed by atoms with Crippen molar-refractivity contribution in [3.8, 4) is 5.75 Å². The van der Waals surface area contributed by atoms with E-state index in [0.717, 1.165) is 12.1 Å². The summed E-state index contributed by atoms with van der Waals surface area (Å²) in [6.07, 6.45) is 3.48. The second-order valence-electron chi connectivity index (χ2n) is 9.06. The van der Waals surface area contributed by atoms with Gasteiger partial charge < -0.3 is 14.9 Å². The van der Waals surface area contributed by atoms with Gasteiger partial charge in [-0.05, 0) is 48.8 Å². The minimum atomic E-state index is -0.313. The number of phenols is 1. The van der Waals surface area contributed by atoms with Gasteiger partial charge in [0.05, 0.1) is 6.04 Å². The molecule has 0 aromatic heterocycles. The van der Waals surface area contributed by atoms with Crippen LogP contribution in [-0.4, -0.2) is 58.4 Å². The highest BCUT2D eigenvalue weighted by Crippen LogP contribution is 2.32. The zero-order chi connectivity index (χ0) is 20.5. The smallest absolute Gasteiger partial charge is 0.241 e. The molecule has 3 atom stereocenters. The number of hydrogen-bond donors (Lipinski definition) is 3. The quantitative estimate of drug-likeness (QED) is 0.702. The van der Waals surface area contributed by atoms with Crippen LogP contribution in [0.25, 0.3) is 0 Å². The molecule has 7 nitrogen and oxygen atoms in total. The Morgan fingerprint density at radius 2 is 1.93 bits per heavy atom.